The molecule has 1 amide bonds. The summed E-state index contributed by atoms with van der Waals surface area (Å²) in [6, 6.07) is 7.80. The van der Waals surface area contributed by atoms with Crippen LogP contribution in [0.2, 0.25) is 0 Å². The molecule has 25 heavy (non-hydrogen) atoms. The number of carbonyl (C=O) groups is 1. The molecule has 1 fully saturated rings. The monoisotopic (exact) mass is 343 g/mol. The van der Waals surface area contributed by atoms with E-state index in [4.69, 9.17) is 0 Å². The molecule has 5 nitrogen and oxygen atoms in total. The number of halogens is 1. The lowest BCUT2D eigenvalue weighted by Crippen LogP contribution is -2.39. The highest BCUT2D eigenvalue weighted by molar-refractivity contribution is 5.76. The Morgan fingerprint density at radius 2 is 1.96 bits per heavy atom. The molecule has 1 aliphatic heterocycles. The van der Waals surface area contributed by atoms with E-state index in [1.165, 1.54) is 18.5 Å². The van der Waals surface area contributed by atoms with E-state index in [1.54, 1.807) is 18.3 Å². The number of aromatic nitrogens is 2. The molecule has 2 aromatic rings. The van der Waals surface area contributed by atoms with Gasteiger partial charge >= 0.3 is 0 Å². The molecule has 1 atom stereocenters. The number of benzene rings is 1. The molecule has 2 heterocycles. The molecule has 6 heteroatoms. The first-order valence-electron chi connectivity index (χ1n) is 8.59. The molecule has 0 radical (unpaired) electrons. The van der Waals surface area contributed by atoms with Gasteiger partial charge in [-0.1, -0.05) is 12.1 Å². The van der Waals surface area contributed by atoms with Gasteiger partial charge in [0.1, 0.15) is 12.1 Å². The number of hydrogen-bond donors (Lipinski definition) is 1. The average Bonchev–Trinajstić information content (AvgIpc) is 2.67. The van der Waals surface area contributed by atoms with Crippen molar-refractivity contribution in [1.82, 2.24) is 14.9 Å². The number of piperidine rings is 1. The second-order valence-electron chi connectivity index (χ2n) is 6.42. The highest BCUT2D eigenvalue weighted by Gasteiger charge is 2.28. The standard InChI is InChI=1S/C19H22FN3O2/c20-16-3-1-14(2-4-16)19(25)15-8-11-23(12-9-15)18(24)6-5-17-7-10-21-13-22-17/h1-4,7,10,13,15,19,25H,5-6,8-9,11-12H2. The molecular weight excluding hydrogens is 321 g/mol. The van der Waals surface area contributed by atoms with Crippen molar-refractivity contribution in [2.24, 2.45) is 5.92 Å². The summed E-state index contributed by atoms with van der Waals surface area (Å²) < 4.78 is 13.0. The minimum atomic E-state index is -0.612. The third-order valence-corrected chi connectivity index (χ3v) is 4.79. The van der Waals surface area contributed by atoms with Crippen LogP contribution in [0.4, 0.5) is 4.39 Å². The van der Waals surface area contributed by atoms with E-state index in [0.29, 0.717) is 25.9 Å². The van der Waals surface area contributed by atoms with Crippen molar-refractivity contribution in [2.75, 3.05) is 13.1 Å². The number of aliphatic hydroxyl groups excluding tert-OH is 1. The molecule has 0 saturated carbocycles. The number of likely N-dealkylation sites (tertiary alicyclic amines) is 1. The van der Waals surface area contributed by atoms with Crippen LogP contribution in [0.5, 0.6) is 0 Å². The van der Waals surface area contributed by atoms with Crippen molar-refractivity contribution < 1.29 is 14.3 Å². The molecule has 0 bridgehead atoms. The SMILES string of the molecule is O=C(CCc1ccncn1)N1CCC(C(O)c2ccc(F)cc2)CC1. The highest BCUT2D eigenvalue weighted by atomic mass is 19.1. The quantitative estimate of drug-likeness (QED) is 0.906. The fourth-order valence-electron chi connectivity index (χ4n) is 3.26. The first kappa shape index (κ1) is 17.5. The Morgan fingerprint density at radius 3 is 2.60 bits per heavy atom. The minimum absolute atomic E-state index is 0.0939. The van der Waals surface area contributed by atoms with E-state index in [2.05, 4.69) is 9.97 Å². The van der Waals surface area contributed by atoms with Gasteiger partial charge in [0, 0.05) is 31.4 Å². The van der Waals surface area contributed by atoms with Crippen LogP contribution >= 0.6 is 0 Å². The third kappa shape index (κ3) is 4.60. The second kappa shape index (κ2) is 8.16. The van der Waals surface area contributed by atoms with Gasteiger partial charge < -0.3 is 10.0 Å². The van der Waals surface area contributed by atoms with Crippen LogP contribution in [-0.4, -0.2) is 39.0 Å². The topological polar surface area (TPSA) is 66.3 Å². The van der Waals surface area contributed by atoms with Crippen molar-refractivity contribution in [2.45, 2.75) is 31.8 Å². The molecule has 0 aliphatic carbocycles. The number of aryl methyl sites for hydroxylation is 1. The van der Waals surface area contributed by atoms with Gasteiger partial charge in [-0.15, -0.1) is 0 Å². The van der Waals surface area contributed by atoms with Gasteiger partial charge in [0.05, 0.1) is 6.10 Å². The van der Waals surface area contributed by atoms with Crippen LogP contribution in [0.15, 0.2) is 42.9 Å². The minimum Gasteiger partial charge on any atom is -0.388 e. The Balaban J connectivity index is 1.47. The fourth-order valence-corrected chi connectivity index (χ4v) is 3.26. The highest BCUT2D eigenvalue weighted by Crippen LogP contribution is 2.31. The van der Waals surface area contributed by atoms with Crippen molar-refractivity contribution in [3.05, 3.63) is 59.9 Å². The van der Waals surface area contributed by atoms with Crippen molar-refractivity contribution in [1.29, 1.82) is 0 Å². The van der Waals surface area contributed by atoms with Gasteiger partial charge in [0.2, 0.25) is 5.91 Å². The van der Waals surface area contributed by atoms with Crippen LogP contribution in [0, 0.1) is 11.7 Å². The zero-order valence-electron chi connectivity index (χ0n) is 14.0. The summed E-state index contributed by atoms with van der Waals surface area (Å²) in [5, 5.41) is 10.5. The maximum atomic E-state index is 13.0. The summed E-state index contributed by atoms with van der Waals surface area (Å²) in [5.74, 6) is -0.0928. The summed E-state index contributed by atoms with van der Waals surface area (Å²) in [7, 11) is 0. The number of rotatable bonds is 5. The molecule has 0 spiro atoms. The van der Waals surface area contributed by atoms with Crippen molar-refractivity contribution in [3.63, 3.8) is 0 Å². The molecule has 1 N–H and O–H groups in total. The maximum Gasteiger partial charge on any atom is 0.222 e. The Bertz CT molecular complexity index is 686. The Kier molecular flexibility index (Phi) is 5.71. The molecule has 1 unspecified atom stereocenters. The zero-order valence-corrected chi connectivity index (χ0v) is 14.0. The number of hydrogen-bond acceptors (Lipinski definition) is 4. The summed E-state index contributed by atoms with van der Waals surface area (Å²) in [5.41, 5.74) is 1.60. The summed E-state index contributed by atoms with van der Waals surface area (Å²) in [6.07, 6.45) is 5.09. The second-order valence-corrected chi connectivity index (χ2v) is 6.42. The van der Waals surface area contributed by atoms with Crippen LogP contribution in [-0.2, 0) is 11.2 Å². The number of amides is 1. The molecule has 1 saturated heterocycles. The smallest absolute Gasteiger partial charge is 0.222 e. The predicted octanol–water partition coefficient (Wildman–Crippen LogP) is 2.52. The maximum absolute atomic E-state index is 13.0. The summed E-state index contributed by atoms with van der Waals surface area (Å²) in [4.78, 5) is 22.2. The Morgan fingerprint density at radius 1 is 1.24 bits per heavy atom. The third-order valence-electron chi connectivity index (χ3n) is 4.79. The number of carbonyl (C=O) groups excluding carboxylic acids is 1. The van der Waals surface area contributed by atoms with E-state index in [1.807, 2.05) is 11.0 Å². The normalized spacial score (nSPS) is 16.6. The van der Waals surface area contributed by atoms with Gasteiger partial charge in [-0.05, 0) is 48.9 Å². The van der Waals surface area contributed by atoms with E-state index in [-0.39, 0.29) is 17.6 Å². The zero-order chi connectivity index (χ0) is 17.6. The summed E-state index contributed by atoms with van der Waals surface area (Å²) in [6.45, 7) is 1.29. The first-order valence-corrected chi connectivity index (χ1v) is 8.59. The molecule has 132 valence electrons. The van der Waals surface area contributed by atoms with Crippen molar-refractivity contribution >= 4 is 5.91 Å². The molecule has 1 aromatic heterocycles. The fraction of sp³-hybridized carbons (Fsp3) is 0.421. The lowest BCUT2D eigenvalue weighted by Gasteiger charge is -2.34. The van der Waals surface area contributed by atoms with Gasteiger partial charge in [0.25, 0.3) is 0 Å². The number of nitrogens with zero attached hydrogens (tertiary/aromatic N) is 3. The predicted molar refractivity (Wildman–Crippen MR) is 91.0 cm³/mol. The molecular formula is C19H22FN3O2. The average molecular weight is 343 g/mol. The van der Waals surface area contributed by atoms with Gasteiger partial charge in [-0.25, -0.2) is 14.4 Å². The molecule has 3 rings (SSSR count). The van der Waals surface area contributed by atoms with Gasteiger partial charge in [-0.2, -0.15) is 0 Å². The van der Waals surface area contributed by atoms with E-state index < -0.39 is 6.10 Å². The van der Waals surface area contributed by atoms with Crippen LogP contribution in [0.3, 0.4) is 0 Å². The largest absolute Gasteiger partial charge is 0.388 e. The van der Waals surface area contributed by atoms with Crippen LogP contribution < -0.4 is 0 Å². The Hall–Kier alpha value is -2.34. The van der Waals surface area contributed by atoms with Crippen LogP contribution in [0.25, 0.3) is 0 Å². The number of aliphatic hydroxyl groups is 1. The van der Waals surface area contributed by atoms with Crippen molar-refractivity contribution in [3.8, 4) is 0 Å². The Labute approximate surface area is 146 Å². The lowest BCUT2D eigenvalue weighted by molar-refractivity contribution is -0.133. The molecule has 1 aromatic carbocycles. The van der Waals surface area contributed by atoms with E-state index in [0.717, 1.165) is 24.1 Å². The first-order chi connectivity index (χ1) is 12.1. The van der Waals surface area contributed by atoms with Crippen LogP contribution in [0.1, 0.15) is 36.6 Å². The van der Waals surface area contributed by atoms with E-state index in [9.17, 15) is 14.3 Å². The van der Waals surface area contributed by atoms with E-state index >= 15 is 0 Å². The van der Waals surface area contributed by atoms with Gasteiger partial charge in [-0.3, -0.25) is 4.79 Å². The van der Waals surface area contributed by atoms with Gasteiger partial charge in [0.15, 0.2) is 0 Å². The summed E-state index contributed by atoms with van der Waals surface area (Å²) >= 11 is 0. The lowest BCUT2D eigenvalue weighted by atomic mass is 9.87. The molecule has 1 aliphatic rings.